The monoisotopic (exact) mass is 363 g/mol. The average Bonchev–Trinajstić information content (AvgIpc) is 2.64. The number of halogens is 1. The van der Waals surface area contributed by atoms with E-state index in [2.05, 4.69) is 10.4 Å². The van der Waals surface area contributed by atoms with Gasteiger partial charge in [-0.25, -0.2) is 4.68 Å². The van der Waals surface area contributed by atoms with Crippen molar-refractivity contribution in [2.45, 2.75) is 33.2 Å². The fraction of sp³-hybridized carbons (Fsp3) is 0.389. The highest BCUT2D eigenvalue weighted by Crippen LogP contribution is 2.20. The van der Waals surface area contributed by atoms with E-state index in [1.807, 2.05) is 26.0 Å². The van der Waals surface area contributed by atoms with Gasteiger partial charge in [-0.2, -0.15) is 5.10 Å². The summed E-state index contributed by atoms with van der Waals surface area (Å²) in [5.41, 5.74) is 1.89. The molecular formula is C18H22ClN3O3. The number of ether oxygens (including phenoxy) is 1. The maximum absolute atomic E-state index is 11.9. The molecule has 0 atom stereocenters. The van der Waals surface area contributed by atoms with Crippen molar-refractivity contribution in [3.63, 3.8) is 0 Å². The number of hydrogen-bond donors (Lipinski definition) is 1. The quantitative estimate of drug-likeness (QED) is 0.547. The van der Waals surface area contributed by atoms with Crippen molar-refractivity contribution in [2.75, 3.05) is 18.5 Å². The number of nitrogens with one attached hydrogen (secondary N) is 1. The standard InChI is InChI=1S/C18H22ClN3O3/c1-3-14-10-13(12-23)6-7-16(14)25-9-5-8-20-15-11-21-22(4-2)18(24)17(15)19/h6-7,10-12,20H,3-5,8-9H2,1-2H3. The van der Waals surface area contributed by atoms with Crippen molar-refractivity contribution in [3.05, 3.63) is 50.9 Å². The maximum atomic E-state index is 11.9. The molecule has 6 nitrogen and oxygen atoms in total. The second kappa shape index (κ2) is 9.22. The van der Waals surface area contributed by atoms with E-state index < -0.39 is 0 Å². The summed E-state index contributed by atoms with van der Waals surface area (Å²) in [5.74, 6) is 0.790. The molecule has 1 aromatic heterocycles. The molecule has 1 heterocycles. The first-order valence-electron chi connectivity index (χ1n) is 8.31. The lowest BCUT2D eigenvalue weighted by Crippen LogP contribution is -2.23. The molecule has 0 radical (unpaired) electrons. The Bertz CT molecular complexity index is 790. The van der Waals surface area contributed by atoms with Gasteiger partial charge in [0.1, 0.15) is 17.1 Å². The van der Waals surface area contributed by atoms with Crippen molar-refractivity contribution in [3.8, 4) is 5.75 Å². The molecule has 2 rings (SSSR count). The molecule has 134 valence electrons. The predicted molar refractivity (Wildman–Crippen MR) is 99.0 cm³/mol. The largest absolute Gasteiger partial charge is 0.493 e. The zero-order chi connectivity index (χ0) is 18.2. The number of carbonyl (C=O) groups excluding carboxylic acids is 1. The summed E-state index contributed by atoms with van der Waals surface area (Å²) >= 11 is 6.06. The molecule has 7 heteroatoms. The van der Waals surface area contributed by atoms with Crippen LogP contribution in [0.25, 0.3) is 0 Å². The van der Waals surface area contributed by atoms with Gasteiger partial charge < -0.3 is 10.1 Å². The van der Waals surface area contributed by atoms with Gasteiger partial charge in [0.2, 0.25) is 0 Å². The van der Waals surface area contributed by atoms with Gasteiger partial charge in [0.15, 0.2) is 0 Å². The summed E-state index contributed by atoms with van der Waals surface area (Å²) in [7, 11) is 0. The van der Waals surface area contributed by atoms with Crippen molar-refractivity contribution in [1.29, 1.82) is 0 Å². The lowest BCUT2D eigenvalue weighted by molar-refractivity contribution is 0.112. The Balaban J connectivity index is 1.85. The number of aryl methyl sites for hydroxylation is 2. The number of rotatable bonds is 9. The fourth-order valence-corrected chi connectivity index (χ4v) is 2.59. The van der Waals surface area contributed by atoms with Crippen LogP contribution in [-0.2, 0) is 13.0 Å². The smallest absolute Gasteiger partial charge is 0.287 e. The minimum atomic E-state index is -0.298. The minimum absolute atomic E-state index is 0.149. The fourth-order valence-electron chi connectivity index (χ4n) is 2.38. The highest BCUT2D eigenvalue weighted by Gasteiger charge is 2.08. The van der Waals surface area contributed by atoms with Gasteiger partial charge in [-0.1, -0.05) is 18.5 Å². The van der Waals surface area contributed by atoms with Crippen LogP contribution in [0.3, 0.4) is 0 Å². The van der Waals surface area contributed by atoms with Gasteiger partial charge in [0.25, 0.3) is 5.56 Å². The van der Waals surface area contributed by atoms with Crippen LogP contribution in [0, 0.1) is 0 Å². The second-order valence-corrected chi connectivity index (χ2v) is 5.84. The number of nitrogens with zero attached hydrogens (tertiary/aromatic N) is 2. The number of aromatic nitrogens is 2. The van der Waals surface area contributed by atoms with E-state index in [0.717, 1.165) is 30.4 Å². The first-order chi connectivity index (χ1) is 12.1. The third-order valence-corrected chi connectivity index (χ3v) is 4.15. The lowest BCUT2D eigenvalue weighted by atomic mass is 10.1. The Hall–Kier alpha value is -2.34. The van der Waals surface area contributed by atoms with Gasteiger partial charge in [0, 0.05) is 18.7 Å². The van der Waals surface area contributed by atoms with Crippen molar-refractivity contribution < 1.29 is 9.53 Å². The molecule has 0 spiro atoms. The van der Waals surface area contributed by atoms with Gasteiger partial charge in [-0.3, -0.25) is 9.59 Å². The van der Waals surface area contributed by atoms with Crippen LogP contribution >= 0.6 is 11.6 Å². The summed E-state index contributed by atoms with van der Waals surface area (Å²) in [6.07, 6.45) is 3.91. The number of benzene rings is 1. The molecule has 0 aliphatic heterocycles. The molecule has 0 fully saturated rings. The van der Waals surface area contributed by atoms with Gasteiger partial charge in [0.05, 0.1) is 18.5 Å². The number of carbonyl (C=O) groups is 1. The number of hydrogen-bond acceptors (Lipinski definition) is 5. The molecule has 1 aromatic carbocycles. The van der Waals surface area contributed by atoms with Gasteiger partial charge in [-0.15, -0.1) is 0 Å². The maximum Gasteiger partial charge on any atom is 0.287 e. The highest BCUT2D eigenvalue weighted by molar-refractivity contribution is 6.32. The Morgan fingerprint density at radius 1 is 1.36 bits per heavy atom. The zero-order valence-corrected chi connectivity index (χ0v) is 15.2. The third-order valence-electron chi connectivity index (χ3n) is 3.78. The number of anilines is 1. The Labute approximate surface area is 151 Å². The predicted octanol–water partition coefficient (Wildman–Crippen LogP) is 3.17. The third kappa shape index (κ3) is 4.82. The van der Waals surface area contributed by atoms with Gasteiger partial charge in [-0.05, 0) is 43.5 Å². The van der Waals surface area contributed by atoms with Crippen molar-refractivity contribution >= 4 is 23.6 Å². The van der Waals surface area contributed by atoms with Crippen LogP contribution in [0.1, 0.15) is 36.2 Å². The molecule has 0 saturated heterocycles. The Morgan fingerprint density at radius 3 is 2.84 bits per heavy atom. The summed E-state index contributed by atoms with van der Waals surface area (Å²) < 4.78 is 7.10. The first-order valence-corrected chi connectivity index (χ1v) is 8.68. The lowest BCUT2D eigenvalue weighted by Gasteiger charge is -2.12. The van der Waals surface area contributed by atoms with E-state index in [1.54, 1.807) is 12.3 Å². The Morgan fingerprint density at radius 2 is 2.16 bits per heavy atom. The summed E-state index contributed by atoms with van der Waals surface area (Å²) in [6.45, 7) is 5.45. The van der Waals surface area contributed by atoms with E-state index in [-0.39, 0.29) is 10.6 Å². The molecule has 0 aliphatic rings. The van der Waals surface area contributed by atoms with Crippen LogP contribution in [0.15, 0.2) is 29.2 Å². The highest BCUT2D eigenvalue weighted by atomic mass is 35.5. The zero-order valence-electron chi connectivity index (χ0n) is 14.4. The molecule has 0 unspecified atom stereocenters. The van der Waals surface area contributed by atoms with Crippen LogP contribution in [0.4, 0.5) is 5.69 Å². The molecule has 0 amide bonds. The van der Waals surface area contributed by atoms with Crippen molar-refractivity contribution in [1.82, 2.24) is 9.78 Å². The summed E-state index contributed by atoms with van der Waals surface area (Å²) in [4.78, 5) is 22.7. The minimum Gasteiger partial charge on any atom is -0.493 e. The average molecular weight is 364 g/mol. The Kier molecular flexibility index (Phi) is 7.01. The second-order valence-electron chi connectivity index (χ2n) is 5.46. The van der Waals surface area contributed by atoms with Crippen molar-refractivity contribution in [2.24, 2.45) is 0 Å². The molecule has 1 N–H and O–H groups in total. The van der Waals surface area contributed by atoms with E-state index in [0.29, 0.717) is 30.9 Å². The van der Waals surface area contributed by atoms with Gasteiger partial charge >= 0.3 is 0 Å². The van der Waals surface area contributed by atoms with Crippen LogP contribution < -0.4 is 15.6 Å². The van der Waals surface area contributed by atoms with Crippen LogP contribution in [0.5, 0.6) is 5.75 Å². The molecule has 0 bridgehead atoms. The SMILES string of the molecule is CCc1cc(C=O)ccc1OCCCNc1cnn(CC)c(=O)c1Cl. The van der Waals surface area contributed by atoms with E-state index in [1.165, 1.54) is 4.68 Å². The summed E-state index contributed by atoms with van der Waals surface area (Å²) in [6, 6.07) is 5.41. The molecule has 0 saturated carbocycles. The van der Waals surface area contributed by atoms with Crippen LogP contribution in [0.2, 0.25) is 5.02 Å². The molecule has 0 aliphatic carbocycles. The van der Waals surface area contributed by atoms with E-state index in [4.69, 9.17) is 16.3 Å². The normalized spacial score (nSPS) is 10.5. The molecule has 2 aromatic rings. The van der Waals surface area contributed by atoms with E-state index >= 15 is 0 Å². The van der Waals surface area contributed by atoms with Crippen LogP contribution in [-0.4, -0.2) is 29.2 Å². The topological polar surface area (TPSA) is 73.2 Å². The first kappa shape index (κ1) is 19.0. The number of aldehydes is 1. The molecular weight excluding hydrogens is 342 g/mol. The molecule has 25 heavy (non-hydrogen) atoms. The van der Waals surface area contributed by atoms with E-state index in [9.17, 15) is 9.59 Å². The summed E-state index contributed by atoms with van der Waals surface area (Å²) in [5, 5.41) is 7.29.